The highest BCUT2D eigenvalue weighted by atomic mass is 127. The standard InChI is InChI=1S/C18H14INO2/c1-13(12-20)22-17-9-2-14(3-10-17)4-11-18(21)15-5-7-16(19)8-6-15/h2-11,13H,1H3/b11-4+. The Morgan fingerprint density at radius 3 is 2.41 bits per heavy atom. The van der Waals surface area contributed by atoms with Gasteiger partial charge in [-0.05, 0) is 65.4 Å². The minimum absolute atomic E-state index is 0.0326. The van der Waals surface area contributed by atoms with Crippen LogP contribution in [0.4, 0.5) is 0 Å². The second kappa shape index (κ2) is 7.76. The fourth-order valence-electron chi connectivity index (χ4n) is 1.77. The van der Waals surface area contributed by atoms with Gasteiger partial charge in [0.2, 0.25) is 0 Å². The van der Waals surface area contributed by atoms with Gasteiger partial charge in [0.05, 0.1) is 0 Å². The first-order chi connectivity index (χ1) is 10.6. The number of ketones is 1. The van der Waals surface area contributed by atoms with Crippen LogP contribution in [-0.2, 0) is 0 Å². The van der Waals surface area contributed by atoms with Crippen LogP contribution in [0, 0.1) is 14.9 Å². The maximum absolute atomic E-state index is 12.0. The van der Waals surface area contributed by atoms with E-state index in [2.05, 4.69) is 22.6 Å². The average Bonchev–Trinajstić information content (AvgIpc) is 2.54. The molecule has 1 atom stereocenters. The molecule has 0 radical (unpaired) electrons. The molecule has 2 rings (SSSR count). The van der Waals surface area contributed by atoms with Crippen molar-refractivity contribution < 1.29 is 9.53 Å². The van der Waals surface area contributed by atoms with Crippen LogP contribution in [0.15, 0.2) is 54.6 Å². The van der Waals surface area contributed by atoms with Gasteiger partial charge in [0.15, 0.2) is 11.9 Å². The molecule has 1 unspecified atom stereocenters. The zero-order valence-corrected chi connectivity index (χ0v) is 14.2. The molecule has 0 amide bonds. The van der Waals surface area contributed by atoms with Crippen molar-refractivity contribution >= 4 is 34.5 Å². The van der Waals surface area contributed by atoms with Gasteiger partial charge in [-0.15, -0.1) is 0 Å². The Labute approximate surface area is 143 Å². The predicted molar refractivity (Wildman–Crippen MR) is 94.7 cm³/mol. The summed E-state index contributed by atoms with van der Waals surface area (Å²) in [5.74, 6) is 0.602. The Balaban J connectivity index is 2.02. The first-order valence-electron chi connectivity index (χ1n) is 6.73. The zero-order chi connectivity index (χ0) is 15.9. The Kier molecular flexibility index (Phi) is 5.73. The molecule has 110 valence electrons. The van der Waals surface area contributed by atoms with Gasteiger partial charge in [-0.3, -0.25) is 4.79 Å². The number of nitriles is 1. The van der Waals surface area contributed by atoms with Gasteiger partial charge < -0.3 is 4.74 Å². The predicted octanol–water partition coefficient (Wildman–Crippen LogP) is 4.48. The molecule has 4 heteroatoms. The fourth-order valence-corrected chi connectivity index (χ4v) is 2.13. The number of benzene rings is 2. The van der Waals surface area contributed by atoms with Crippen molar-refractivity contribution in [3.63, 3.8) is 0 Å². The molecule has 2 aromatic carbocycles. The second-order valence-corrected chi connectivity index (χ2v) is 5.91. The number of carbonyl (C=O) groups excluding carboxylic acids is 1. The smallest absolute Gasteiger partial charge is 0.185 e. The third kappa shape index (κ3) is 4.71. The van der Waals surface area contributed by atoms with E-state index in [1.165, 1.54) is 0 Å². The molecule has 3 nitrogen and oxygen atoms in total. The highest BCUT2D eigenvalue weighted by Gasteiger charge is 2.02. The van der Waals surface area contributed by atoms with E-state index >= 15 is 0 Å². The van der Waals surface area contributed by atoms with Crippen LogP contribution in [-0.4, -0.2) is 11.9 Å². The molecule has 0 heterocycles. The summed E-state index contributed by atoms with van der Waals surface area (Å²) in [6.07, 6.45) is 2.83. The number of hydrogen-bond donors (Lipinski definition) is 0. The molecule has 0 bridgehead atoms. The third-order valence-electron chi connectivity index (χ3n) is 2.93. The Morgan fingerprint density at radius 2 is 1.82 bits per heavy atom. The van der Waals surface area contributed by atoms with Crippen LogP contribution in [0.2, 0.25) is 0 Å². The maximum Gasteiger partial charge on any atom is 0.185 e. The highest BCUT2D eigenvalue weighted by Crippen LogP contribution is 2.15. The molecule has 22 heavy (non-hydrogen) atoms. The topological polar surface area (TPSA) is 50.1 Å². The van der Waals surface area contributed by atoms with Gasteiger partial charge >= 0.3 is 0 Å². The number of halogens is 1. The van der Waals surface area contributed by atoms with E-state index in [0.29, 0.717) is 11.3 Å². The number of hydrogen-bond acceptors (Lipinski definition) is 3. The normalized spacial score (nSPS) is 11.9. The van der Waals surface area contributed by atoms with Crippen LogP contribution >= 0.6 is 22.6 Å². The van der Waals surface area contributed by atoms with E-state index in [1.54, 1.807) is 31.2 Å². The van der Waals surface area contributed by atoms with Gasteiger partial charge in [-0.1, -0.05) is 30.3 Å². The van der Waals surface area contributed by atoms with E-state index < -0.39 is 6.10 Å². The summed E-state index contributed by atoms with van der Waals surface area (Å²) in [5.41, 5.74) is 1.57. The monoisotopic (exact) mass is 403 g/mol. The summed E-state index contributed by atoms with van der Waals surface area (Å²) in [6, 6.07) is 16.7. The molecule has 0 N–H and O–H groups in total. The fraction of sp³-hybridized carbons (Fsp3) is 0.111. The van der Waals surface area contributed by atoms with Crippen molar-refractivity contribution in [3.8, 4) is 11.8 Å². The van der Waals surface area contributed by atoms with E-state index in [0.717, 1.165) is 9.13 Å². The molecule has 0 saturated carbocycles. The largest absolute Gasteiger partial charge is 0.476 e. The van der Waals surface area contributed by atoms with E-state index in [9.17, 15) is 4.79 Å². The van der Waals surface area contributed by atoms with Crippen LogP contribution in [0.5, 0.6) is 5.75 Å². The third-order valence-corrected chi connectivity index (χ3v) is 3.65. The molecule has 0 saturated heterocycles. The van der Waals surface area contributed by atoms with Crippen LogP contribution in [0.25, 0.3) is 6.08 Å². The number of allylic oxidation sites excluding steroid dienone is 1. The Hall–Kier alpha value is -2.13. The van der Waals surface area contributed by atoms with Gasteiger partial charge in [0.25, 0.3) is 0 Å². The van der Waals surface area contributed by atoms with Crippen LogP contribution < -0.4 is 4.74 Å². The van der Waals surface area contributed by atoms with Crippen molar-refractivity contribution in [1.82, 2.24) is 0 Å². The van der Waals surface area contributed by atoms with Crippen LogP contribution in [0.3, 0.4) is 0 Å². The molecule has 0 aliphatic heterocycles. The lowest BCUT2D eigenvalue weighted by molar-refractivity contribution is 0.104. The van der Waals surface area contributed by atoms with Crippen molar-refractivity contribution in [3.05, 3.63) is 69.3 Å². The maximum atomic E-state index is 12.0. The quantitative estimate of drug-likeness (QED) is 0.420. The molecule has 0 spiro atoms. The highest BCUT2D eigenvalue weighted by molar-refractivity contribution is 14.1. The first kappa shape index (κ1) is 16.2. The summed E-state index contributed by atoms with van der Waals surface area (Å²) in [4.78, 5) is 12.0. The molecular formula is C18H14INO2. The van der Waals surface area contributed by atoms with Crippen LogP contribution in [0.1, 0.15) is 22.8 Å². The van der Waals surface area contributed by atoms with Gasteiger partial charge in [-0.2, -0.15) is 5.26 Å². The van der Waals surface area contributed by atoms with Gasteiger partial charge in [0, 0.05) is 9.13 Å². The number of ether oxygens (including phenoxy) is 1. The van der Waals surface area contributed by atoms with Gasteiger partial charge in [-0.25, -0.2) is 0 Å². The average molecular weight is 403 g/mol. The summed E-state index contributed by atoms with van der Waals surface area (Å²) < 4.78 is 6.47. The molecule has 0 aliphatic rings. The van der Waals surface area contributed by atoms with E-state index in [4.69, 9.17) is 10.00 Å². The van der Waals surface area contributed by atoms with Crippen molar-refractivity contribution in [2.24, 2.45) is 0 Å². The summed E-state index contributed by atoms with van der Waals surface area (Å²) >= 11 is 2.20. The molecular weight excluding hydrogens is 389 g/mol. The zero-order valence-electron chi connectivity index (χ0n) is 12.0. The summed E-state index contributed by atoms with van der Waals surface area (Å²) in [6.45, 7) is 1.69. The molecule has 2 aromatic rings. The Bertz CT molecular complexity index is 712. The van der Waals surface area contributed by atoms with Gasteiger partial charge in [0.1, 0.15) is 11.8 Å². The lowest BCUT2D eigenvalue weighted by Gasteiger charge is -2.07. The van der Waals surface area contributed by atoms with E-state index in [1.807, 2.05) is 42.5 Å². The number of nitrogens with zero attached hydrogens (tertiary/aromatic N) is 1. The lowest BCUT2D eigenvalue weighted by atomic mass is 10.1. The number of carbonyl (C=O) groups is 1. The Morgan fingerprint density at radius 1 is 1.18 bits per heavy atom. The first-order valence-corrected chi connectivity index (χ1v) is 7.80. The summed E-state index contributed by atoms with van der Waals surface area (Å²) in [7, 11) is 0. The van der Waals surface area contributed by atoms with Crippen molar-refractivity contribution in [2.75, 3.05) is 0 Å². The minimum Gasteiger partial charge on any atom is -0.476 e. The SMILES string of the molecule is CC(C#N)Oc1ccc(/C=C/C(=O)c2ccc(I)cc2)cc1. The van der Waals surface area contributed by atoms with Crippen molar-refractivity contribution in [2.45, 2.75) is 13.0 Å². The van der Waals surface area contributed by atoms with E-state index in [-0.39, 0.29) is 5.78 Å². The lowest BCUT2D eigenvalue weighted by Crippen LogP contribution is -2.07. The molecule has 0 aromatic heterocycles. The second-order valence-electron chi connectivity index (χ2n) is 4.66. The number of rotatable bonds is 5. The summed E-state index contributed by atoms with van der Waals surface area (Å²) in [5, 5.41) is 8.70. The minimum atomic E-state index is -0.483. The molecule has 0 fully saturated rings. The molecule has 0 aliphatic carbocycles. The van der Waals surface area contributed by atoms with Crippen molar-refractivity contribution in [1.29, 1.82) is 5.26 Å².